The first-order valence-electron chi connectivity index (χ1n) is 7.36. The normalized spacial score (nSPS) is 12.7. The van der Waals surface area contributed by atoms with Crippen molar-refractivity contribution in [2.24, 2.45) is 5.92 Å². The summed E-state index contributed by atoms with van der Waals surface area (Å²) >= 11 is 0. The number of aromatic nitrogens is 2. The Morgan fingerprint density at radius 3 is 2.53 bits per heavy atom. The van der Waals surface area contributed by atoms with Gasteiger partial charge >= 0.3 is 0 Å². The summed E-state index contributed by atoms with van der Waals surface area (Å²) in [6.07, 6.45) is 4.90. The molecular formula is C15H28N4. The molecule has 4 nitrogen and oxygen atoms in total. The lowest BCUT2D eigenvalue weighted by Crippen LogP contribution is -2.29. The molecule has 0 aliphatic rings. The van der Waals surface area contributed by atoms with Crippen LogP contribution in [0, 0.1) is 5.92 Å². The third kappa shape index (κ3) is 5.55. The topological polar surface area (TPSA) is 41.1 Å². The van der Waals surface area contributed by atoms with Crippen LogP contribution in [0.25, 0.3) is 0 Å². The molecule has 1 aromatic rings. The molecule has 0 saturated carbocycles. The Morgan fingerprint density at radius 2 is 1.95 bits per heavy atom. The molecule has 0 bridgehead atoms. The number of hydrogen-bond donors (Lipinski definition) is 1. The van der Waals surface area contributed by atoms with E-state index in [-0.39, 0.29) is 0 Å². The molecule has 0 amide bonds. The molecule has 108 valence electrons. The predicted molar refractivity (Wildman–Crippen MR) is 81.3 cm³/mol. The van der Waals surface area contributed by atoms with Gasteiger partial charge < -0.3 is 10.2 Å². The summed E-state index contributed by atoms with van der Waals surface area (Å²) in [6.45, 7) is 13.7. The highest BCUT2D eigenvalue weighted by molar-refractivity contribution is 5.36. The zero-order valence-electron chi connectivity index (χ0n) is 13.0. The van der Waals surface area contributed by atoms with Gasteiger partial charge in [0.1, 0.15) is 5.82 Å². The van der Waals surface area contributed by atoms with E-state index in [0.717, 1.165) is 31.1 Å². The van der Waals surface area contributed by atoms with Gasteiger partial charge in [-0.15, -0.1) is 0 Å². The van der Waals surface area contributed by atoms with Crippen LogP contribution in [-0.4, -0.2) is 29.1 Å². The second-order valence-electron chi connectivity index (χ2n) is 5.46. The number of nitrogens with zero attached hydrogens (tertiary/aromatic N) is 3. The van der Waals surface area contributed by atoms with Crippen LogP contribution in [0.2, 0.25) is 0 Å². The monoisotopic (exact) mass is 264 g/mol. The van der Waals surface area contributed by atoms with Crippen molar-refractivity contribution in [3.05, 3.63) is 18.1 Å². The van der Waals surface area contributed by atoms with Gasteiger partial charge in [0.25, 0.3) is 0 Å². The average molecular weight is 264 g/mol. The second kappa shape index (κ2) is 8.10. The third-order valence-electron chi connectivity index (χ3n) is 3.30. The van der Waals surface area contributed by atoms with Crippen molar-refractivity contribution in [1.29, 1.82) is 0 Å². The fourth-order valence-corrected chi connectivity index (χ4v) is 1.83. The molecule has 1 N–H and O–H groups in total. The van der Waals surface area contributed by atoms with E-state index in [1.807, 2.05) is 12.4 Å². The lowest BCUT2D eigenvalue weighted by atomic mass is 10.1. The van der Waals surface area contributed by atoms with Gasteiger partial charge in [-0.2, -0.15) is 0 Å². The molecule has 0 fully saturated rings. The Kier molecular flexibility index (Phi) is 6.78. The maximum Gasteiger partial charge on any atom is 0.147 e. The minimum atomic E-state index is 0.466. The summed E-state index contributed by atoms with van der Waals surface area (Å²) in [4.78, 5) is 11.3. The van der Waals surface area contributed by atoms with Crippen molar-refractivity contribution in [3.63, 3.8) is 0 Å². The van der Waals surface area contributed by atoms with E-state index in [1.165, 1.54) is 6.42 Å². The van der Waals surface area contributed by atoms with Crippen LogP contribution in [0.4, 0.5) is 5.82 Å². The zero-order valence-corrected chi connectivity index (χ0v) is 13.0. The molecule has 19 heavy (non-hydrogen) atoms. The Bertz CT molecular complexity index is 365. The number of rotatable bonds is 8. The summed E-state index contributed by atoms with van der Waals surface area (Å²) < 4.78 is 0. The number of hydrogen-bond acceptors (Lipinski definition) is 4. The van der Waals surface area contributed by atoms with Crippen molar-refractivity contribution in [3.8, 4) is 0 Å². The second-order valence-corrected chi connectivity index (χ2v) is 5.46. The summed E-state index contributed by atoms with van der Waals surface area (Å²) in [7, 11) is 0. The summed E-state index contributed by atoms with van der Waals surface area (Å²) in [5.41, 5.74) is 1.01. The minimum Gasteiger partial charge on any atom is -0.355 e. The van der Waals surface area contributed by atoms with E-state index in [2.05, 4.69) is 49.8 Å². The standard InChI is InChI=1S/C15H28N4/c1-6-13(5)11-19(7-2)15-10-16-8-14(18-15)9-17-12(3)4/h8,10,12-13,17H,6-7,9,11H2,1-5H3. The molecule has 0 saturated heterocycles. The van der Waals surface area contributed by atoms with E-state index in [1.54, 1.807) is 0 Å². The zero-order chi connectivity index (χ0) is 14.3. The van der Waals surface area contributed by atoms with Crippen LogP contribution in [0.5, 0.6) is 0 Å². The Labute approximate surface area is 117 Å². The minimum absolute atomic E-state index is 0.466. The summed E-state index contributed by atoms with van der Waals surface area (Å²) in [5.74, 6) is 1.67. The van der Waals surface area contributed by atoms with Crippen LogP contribution in [-0.2, 0) is 6.54 Å². The van der Waals surface area contributed by atoms with Crippen molar-refractivity contribution in [2.75, 3.05) is 18.0 Å². The van der Waals surface area contributed by atoms with Gasteiger partial charge in [0, 0.05) is 31.9 Å². The molecule has 0 radical (unpaired) electrons. The molecule has 1 unspecified atom stereocenters. The van der Waals surface area contributed by atoms with E-state index >= 15 is 0 Å². The van der Waals surface area contributed by atoms with E-state index < -0.39 is 0 Å². The molecule has 1 heterocycles. The Balaban J connectivity index is 2.72. The predicted octanol–water partition coefficient (Wildman–Crippen LogP) is 2.85. The lowest BCUT2D eigenvalue weighted by Gasteiger charge is -2.25. The fraction of sp³-hybridized carbons (Fsp3) is 0.733. The molecule has 1 aromatic heterocycles. The summed E-state index contributed by atoms with van der Waals surface area (Å²) in [6, 6.07) is 0.466. The van der Waals surface area contributed by atoms with Crippen molar-refractivity contribution in [1.82, 2.24) is 15.3 Å². The van der Waals surface area contributed by atoms with E-state index in [9.17, 15) is 0 Å². The van der Waals surface area contributed by atoms with Crippen LogP contribution in [0.3, 0.4) is 0 Å². The molecule has 0 aromatic carbocycles. The highest BCUT2D eigenvalue weighted by Gasteiger charge is 2.10. The third-order valence-corrected chi connectivity index (χ3v) is 3.30. The maximum atomic E-state index is 4.70. The summed E-state index contributed by atoms with van der Waals surface area (Å²) in [5, 5.41) is 3.38. The van der Waals surface area contributed by atoms with Crippen LogP contribution in [0.1, 0.15) is 46.7 Å². The smallest absolute Gasteiger partial charge is 0.147 e. The molecular weight excluding hydrogens is 236 g/mol. The van der Waals surface area contributed by atoms with Gasteiger partial charge in [-0.3, -0.25) is 4.98 Å². The quantitative estimate of drug-likeness (QED) is 0.784. The van der Waals surface area contributed by atoms with Crippen LogP contribution in [0.15, 0.2) is 12.4 Å². The van der Waals surface area contributed by atoms with Gasteiger partial charge in [-0.05, 0) is 12.8 Å². The van der Waals surface area contributed by atoms with Gasteiger partial charge in [-0.25, -0.2) is 4.98 Å². The van der Waals surface area contributed by atoms with Gasteiger partial charge in [0.15, 0.2) is 0 Å². The van der Waals surface area contributed by atoms with Crippen molar-refractivity contribution in [2.45, 2.75) is 53.6 Å². The van der Waals surface area contributed by atoms with Crippen molar-refractivity contribution < 1.29 is 0 Å². The van der Waals surface area contributed by atoms with Crippen molar-refractivity contribution >= 4 is 5.82 Å². The van der Waals surface area contributed by atoms with E-state index in [4.69, 9.17) is 4.98 Å². The SMILES string of the molecule is CCC(C)CN(CC)c1cncc(CNC(C)C)n1. The van der Waals surface area contributed by atoms with E-state index in [0.29, 0.717) is 12.0 Å². The molecule has 1 atom stereocenters. The molecule has 1 rings (SSSR count). The first-order chi connectivity index (χ1) is 9.06. The largest absolute Gasteiger partial charge is 0.355 e. The Hall–Kier alpha value is -1.16. The van der Waals surface area contributed by atoms with Gasteiger partial charge in [0.2, 0.25) is 0 Å². The first kappa shape index (κ1) is 15.9. The maximum absolute atomic E-state index is 4.70. The molecule has 0 aliphatic carbocycles. The highest BCUT2D eigenvalue weighted by atomic mass is 15.2. The first-order valence-corrected chi connectivity index (χ1v) is 7.36. The Morgan fingerprint density at radius 1 is 1.21 bits per heavy atom. The van der Waals surface area contributed by atoms with Gasteiger partial charge in [0.05, 0.1) is 11.9 Å². The number of anilines is 1. The molecule has 4 heteroatoms. The van der Waals surface area contributed by atoms with Gasteiger partial charge in [-0.1, -0.05) is 34.1 Å². The molecule has 0 aliphatic heterocycles. The lowest BCUT2D eigenvalue weighted by molar-refractivity contribution is 0.543. The highest BCUT2D eigenvalue weighted by Crippen LogP contribution is 2.13. The fourth-order valence-electron chi connectivity index (χ4n) is 1.83. The molecule has 0 spiro atoms. The average Bonchev–Trinajstić information content (AvgIpc) is 2.42. The number of nitrogens with one attached hydrogen (secondary N) is 1. The van der Waals surface area contributed by atoms with Crippen LogP contribution >= 0.6 is 0 Å². The van der Waals surface area contributed by atoms with Crippen LogP contribution < -0.4 is 10.2 Å².